The molecular formula is C14H18N6O3S. The summed E-state index contributed by atoms with van der Waals surface area (Å²) in [6.45, 7) is 1.11. The highest BCUT2D eigenvalue weighted by Crippen LogP contribution is 2.21. The number of aromatic nitrogens is 4. The number of amides is 1. The summed E-state index contributed by atoms with van der Waals surface area (Å²) in [5, 5.41) is 13.2. The molecule has 9 nitrogen and oxygen atoms in total. The van der Waals surface area contributed by atoms with Crippen molar-refractivity contribution in [2.75, 3.05) is 18.4 Å². The molecule has 2 aromatic rings. The zero-order valence-corrected chi connectivity index (χ0v) is 13.8. The van der Waals surface area contributed by atoms with Crippen LogP contribution in [0.3, 0.4) is 0 Å². The number of tetrazole rings is 1. The number of nitrogens with zero attached hydrogens (tertiary/aromatic N) is 5. The zero-order chi connectivity index (χ0) is 17.0. The number of sulfonamides is 1. The second-order valence-corrected chi connectivity index (χ2v) is 7.48. The van der Waals surface area contributed by atoms with E-state index in [2.05, 4.69) is 20.8 Å². The number of nitrogens with one attached hydrogen (secondary N) is 1. The molecule has 0 unspecified atom stereocenters. The molecule has 128 valence electrons. The van der Waals surface area contributed by atoms with Gasteiger partial charge in [-0.1, -0.05) is 6.42 Å². The van der Waals surface area contributed by atoms with Crippen molar-refractivity contribution >= 4 is 21.6 Å². The third-order valence-electron chi connectivity index (χ3n) is 3.79. The maximum Gasteiger partial charge on any atom is 0.246 e. The fourth-order valence-electron chi connectivity index (χ4n) is 2.56. The fraction of sp³-hybridized carbons (Fsp3) is 0.429. The molecule has 2 heterocycles. The quantitative estimate of drug-likeness (QED) is 0.840. The van der Waals surface area contributed by atoms with E-state index in [9.17, 15) is 13.2 Å². The van der Waals surface area contributed by atoms with E-state index in [0.29, 0.717) is 18.8 Å². The van der Waals surface area contributed by atoms with Gasteiger partial charge in [-0.2, -0.15) is 4.31 Å². The topological polar surface area (TPSA) is 110 Å². The summed E-state index contributed by atoms with van der Waals surface area (Å²) in [7, 11) is -3.46. The maximum atomic E-state index is 12.5. The van der Waals surface area contributed by atoms with Crippen LogP contribution in [0.25, 0.3) is 0 Å². The van der Waals surface area contributed by atoms with Gasteiger partial charge in [-0.05, 0) is 47.5 Å². The van der Waals surface area contributed by atoms with Crippen molar-refractivity contribution in [2.24, 2.45) is 0 Å². The lowest BCUT2D eigenvalue weighted by Gasteiger charge is -2.25. The Morgan fingerprint density at radius 3 is 2.46 bits per heavy atom. The minimum absolute atomic E-state index is 0.0131. The highest BCUT2D eigenvalue weighted by atomic mass is 32.2. The van der Waals surface area contributed by atoms with E-state index in [1.807, 2.05) is 0 Å². The van der Waals surface area contributed by atoms with Crippen molar-refractivity contribution in [1.29, 1.82) is 0 Å². The van der Waals surface area contributed by atoms with E-state index in [0.717, 1.165) is 19.3 Å². The molecule has 3 rings (SSSR count). The van der Waals surface area contributed by atoms with Crippen molar-refractivity contribution in [3.05, 3.63) is 30.6 Å². The molecule has 0 radical (unpaired) electrons. The molecule has 1 aliphatic rings. The molecule has 1 fully saturated rings. The Balaban J connectivity index is 1.65. The van der Waals surface area contributed by atoms with E-state index >= 15 is 0 Å². The van der Waals surface area contributed by atoms with Gasteiger partial charge in [-0.25, -0.2) is 13.1 Å². The largest absolute Gasteiger partial charge is 0.324 e. The minimum Gasteiger partial charge on any atom is -0.324 e. The van der Waals surface area contributed by atoms with Gasteiger partial charge in [-0.15, -0.1) is 5.10 Å². The Hall–Kier alpha value is -2.33. The van der Waals surface area contributed by atoms with Gasteiger partial charge in [0.05, 0.1) is 4.90 Å². The van der Waals surface area contributed by atoms with Crippen molar-refractivity contribution in [1.82, 2.24) is 24.5 Å². The number of piperidine rings is 1. The van der Waals surface area contributed by atoms with Gasteiger partial charge in [0.1, 0.15) is 12.9 Å². The summed E-state index contributed by atoms with van der Waals surface area (Å²) in [6, 6.07) is 6.18. The number of carbonyl (C=O) groups is 1. The van der Waals surface area contributed by atoms with Crippen molar-refractivity contribution in [3.8, 4) is 0 Å². The van der Waals surface area contributed by atoms with Gasteiger partial charge in [0.15, 0.2) is 0 Å². The second kappa shape index (κ2) is 7.05. The summed E-state index contributed by atoms with van der Waals surface area (Å²) in [5.41, 5.74) is 0.519. The minimum atomic E-state index is -3.46. The Morgan fingerprint density at radius 1 is 1.12 bits per heavy atom. The molecule has 0 bridgehead atoms. The highest BCUT2D eigenvalue weighted by Gasteiger charge is 2.25. The Morgan fingerprint density at radius 2 is 1.83 bits per heavy atom. The van der Waals surface area contributed by atoms with Gasteiger partial charge in [0.25, 0.3) is 0 Å². The standard InChI is InChI=1S/C14H18N6O3S/c21-14(10-19-11-15-17-18-19)16-12-4-6-13(7-5-12)24(22,23)20-8-2-1-3-9-20/h4-7,11H,1-3,8-10H2,(H,16,21). The summed E-state index contributed by atoms with van der Waals surface area (Å²) >= 11 is 0. The van der Waals surface area contributed by atoms with Crippen LogP contribution in [-0.4, -0.2) is 51.9 Å². The molecule has 1 aromatic heterocycles. The van der Waals surface area contributed by atoms with Crippen LogP contribution in [0, 0.1) is 0 Å². The van der Waals surface area contributed by atoms with Gasteiger partial charge in [0.2, 0.25) is 15.9 Å². The molecule has 1 amide bonds. The summed E-state index contributed by atoms with van der Waals surface area (Å²) in [6.07, 6.45) is 4.20. The van der Waals surface area contributed by atoms with Crippen molar-refractivity contribution < 1.29 is 13.2 Å². The van der Waals surface area contributed by atoms with Crippen LogP contribution < -0.4 is 5.32 Å². The number of carbonyl (C=O) groups excluding carboxylic acids is 1. The van der Waals surface area contributed by atoms with Crippen LogP contribution in [0.5, 0.6) is 0 Å². The third kappa shape index (κ3) is 3.77. The third-order valence-corrected chi connectivity index (χ3v) is 5.70. The van der Waals surface area contributed by atoms with E-state index in [4.69, 9.17) is 0 Å². The van der Waals surface area contributed by atoms with Crippen LogP contribution in [0.4, 0.5) is 5.69 Å². The normalized spacial score (nSPS) is 16.0. The van der Waals surface area contributed by atoms with Crippen LogP contribution in [0.15, 0.2) is 35.5 Å². The number of benzene rings is 1. The van der Waals surface area contributed by atoms with Gasteiger partial charge in [-0.3, -0.25) is 4.79 Å². The molecule has 1 saturated heterocycles. The van der Waals surface area contributed by atoms with Crippen LogP contribution in [0.2, 0.25) is 0 Å². The lowest BCUT2D eigenvalue weighted by atomic mass is 10.2. The van der Waals surface area contributed by atoms with E-state index in [1.165, 1.54) is 27.4 Å². The van der Waals surface area contributed by atoms with Crippen LogP contribution >= 0.6 is 0 Å². The Labute approximate surface area is 139 Å². The molecule has 10 heteroatoms. The summed E-state index contributed by atoms with van der Waals surface area (Å²) in [5.74, 6) is -0.297. The number of hydrogen-bond donors (Lipinski definition) is 1. The second-order valence-electron chi connectivity index (χ2n) is 5.54. The lowest BCUT2D eigenvalue weighted by molar-refractivity contribution is -0.116. The Kier molecular flexibility index (Phi) is 4.86. The first-order chi connectivity index (χ1) is 11.6. The average molecular weight is 350 g/mol. The summed E-state index contributed by atoms with van der Waals surface area (Å²) < 4.78 is 27.9. The van der Waals surface area contributed by atoms with E-state index < -0.39 is 10.0 Å². The first kappa shape index (κ1) is 16.5. The monoisotopic (exact) mass is 350 g/mol. The molecule has 0 spiro atoms. The first-order valence-corrected chi connectivity index (χ1v) is 9.10. The SMILES string of the molecule is O=C(Cn1cnnn1)Nc1ccc(S(=O)(=O)N2CCCCC2)cc1. The number of hydrogen-bond acceptors (Lipinski definition) is 6. The first-order valence-electron chi connectivity index (χ1n) is 7.66. The van der Waals surface area contributed by atoms with Crippen LogP contribution in [0.1, 0.15) is 19.3 Å². The van der Waals surface area contributed by atoms with E-state index in [-0.39, 0.29) is 17.3 Å². The van der Waals surface area contributed by atoms with Crippen molar-refractivity contribution in [2.45, 2.75) is 30.7 Å². The molecule has 1 aromatic carbocycles. The summed E-state index contributed by atoms with van der Waals surface area (Å²) in [4.78, 5) is 12.1. The predicted molar refractivity (Wildman–Crippen MR) is 85.5 cm³/mol. The fourth-order valence-corrected chi connectivity index (χ4v) is 4.08. The average Bonchev–Trinajstić information content (AvgIpc) is 3.09. The predicted octanol–water partition coefficient (Wildman–Crippen LogP) is 0.486. The van der Waals surface area contributed by atoms with Crippen molar-refractivity contribution in [3.63, 3.8) is 0 Å². The van der Waals surface area contributed by atoms with Gasteiger partial charge in [0, 0.05) is 18.8 Å². The molecule has 0 atom stereocenters. The zero-order valence-electron chi connectivity index (χ0n) is 13.0. The molecule has 24 heavy (non-hydrogen) atoms. The van der Waals surface area contributed by atoms with Gasteiger partial charge < -0.3 is 5.32 Å². The molecule has 1 aliphatic heterocycles. The Bertz CT molecular complexity index is 782. The van der Waals surface area contributed by atoms with E-state index in [1.54, 1.807) is 12.1 Å². The molecular weight excluding hydrogens is 332 g/mol. The van der Waals surface area contributed by atoms with Gasteiger partial charge >= 0.3 is 0 Å². The lowest BCUT2D eigenvalue weighted by Crippen LogP contribution is -2.35. The highest BCUT2D eigenvalue weighted by molar-refractivity contribution is 7.89. The smallest absolute Gasteiger partial charge is 0.246 e. The maximum absolute atomic E-state index is 12.5. The molecule has 0 saturated carbocycles. The number of anilines is 1. The molecule has 0 aliphatic carbocycles. The number of rotatable bonds is 5. The molecule has 1 N–H and O–H groups in total. The van der Waals surface area contributed by atoms with Crippen LogP contribution in [-0.2, 0) is 21.4 Å².